The SMILES string of the molecule is CC(C)NCC(O)C(Oc1ccccc1-c1ccccc1)C(NC(C)C)C(O)COc1cccc2[nH]ccc12. The van der Waals surface area contributed by atoms with Crippen LogP contribution in [0.3, 0.4) is 0 Å². The van der Waals surface area contributed by atoms with E-state index in [1.165, 1.54) is 0 Å². The highest BCUT2D eigenvalue weighted by Gasteiger charge is 2.36. The third-order valence-corrected chi connectivity index (χ3v) is 6.61. The van der Waals surface area contributed by atoms with Crippen molar-refractivity contribution in [1.29, 1.82) is 0 Å². The molecule has 0 aliphatic rings. The number of para-hydroxylation sites is 1. The van der Waals surface area contributed by atoms with Gasteiger partial charge in [-0.05, 0) is 29.8 Å². The first-order valence-electron chi connectivity index (χ1n) is 13.7. The smallest absolute Gasteiger partial charge is 0.144 e. The molecule has 3 aromatic carbocycles. The van der Waals surface area contributed by atoms with Crippen LogP contribution in [0.1, 0.15) is 27.7 Å². The number of aromatic nitrogens is 1. The van der Waals surface area contributed by atoms with Crippen LogP contribution in [0.15, 0.2) is 85.1 Å². The van der Waals surface area contributed by atoms with E-state index in [1.807, 2.05) is 113 Å². The van der Waals surface area contributed by atoms with E-state index < -0.39 is 24.4 Å². The highest BCUT2D eigenvalue weighted by Crippen LogP contribution is 2.32. The normalized spacial score (nSPS) is 14.9. The molecule has 0 saturated carbocycles. The Balaban J connectivity index is 1.62. The van der Waals surface area contributed by atoms with Gasteiger partial charge in [-0.25, -0.2) is 0 Å². The fraction of sp³-hybridized carbons (Fsp3) is 0.375. The largest absolute Gasteiger partial charge is 0.490 e. The van der Waals surface area contributed by atoms with Gasteiger partial charge < -0.3 is 35.3 Å². The molecule has 4 aromatic rings. The Hall–Kier alpha value is -3.36. The molecule has 4 unspecified atom stereocenters. The standard InChI is InChI=1S/C32H41N3O4/c1-21(2)34-19-27(36)32(39-30-15-9-8-13-24(30)23-11-6-5-7-12-23)31(35-22(3)4)28(37)20-38-29-16-10-14-26-25(29)17-18-33-26/h5-18,21-22,27-28,31-37H,19-20H2,1-4H3. The van der Waals surface area contributed by atoms with Crippen LogP contribution in [0.5, 0.6) is 11.5 Å². The van der Waals surface area contributed by atoms with Crippen molar-refractivity contribution in [3.63, 3.8) is 0 Å². The Morgan fingerprint density at radius 2 is 1.49 bits per heavy atom. The molecule has 4 rings (SSSR count). The first kappa shape index (κ1) is 28.6. The molecular formula is C32H41N3O4. The molecule has 1 aromatic heterocycles. The van der Waals surface area contributed by atoms with Gasteiger partial charge in [-0.1, -0.05) is 82.3 Å². The number of aliphatic hydroxyl groups is 2. The number of benzene rings is 3. The monoisotopic (exact) mass is 531 g/mol. The lowest BCUT2D eigenvalue weighted by molar-refractivity contribution is -0.0363. The summed E-state index contributed by atoms with van der Waals surface area (Å²) >= 11 is 0. The second-order valence-electron chi connectivity index (χ2n) is 10.5. The highest BCUT2D eigenvalue weighted by atomic mass is 16.5. The van der Waals surface area contributed by atoms with E-state index in [2.05, 4.69) is 15.6 Å². The molecule has 1 heterocycles. The van der Waals surface area contributed by atoms with Crippen molar-refractivity contribution in [2.75, 3.05) is 13.2 Å². The molecule has 0 bridgehead atoms. The molecule has 0 aliphatic carbocycles. The highest BCUT2D eigenvalue weighted by molar-refractivity contribution is 5.85. The summed E-state index contributed by atoms with van der Waals surface area (Å²) in [6.45, 7) is 8.41. The quantitative estimate of drug-likeness (QED) is 0.161. The summed E-state index contributed by atoms with van der Waals surface area (Å²) in [5.41, 5.74) is 2.89. The second-order valence-corrected chi connectivity index (χ2v) is 10.5. The van der Waals surface area contributed by atoms with Gasteiger partial charge >= 0.3 is 0 Å². The average molecular weight is 532 g/mol. The summed E-state index contributed by atoms with van der Waals surface area (Å²) in [5, 5.41) is 30.6. The topological polar surface area (TPSA) is 98.8 Å². The van der Waals surface area contributed by atoms with Gasteiger partial charge in [0.05, 0.1) is 6.04 Å². The van der Waals surface area contributed by atoms with E-state index in [0.717, 1.165) is 22.0 Å². The molecule has 0 amide bonds. The van der Waals surface area contributed by atoms with Crippen molar-refractivity contribution in [2.45, 2.75) is 64.1 Å². The Kier molecular flexibility index (Phi) is 10.0. The van der Waals surface area contributed by atoms with E-state index in [-0.39, 0.29) is 18.7 Å². The zero-order valence-electron chi connectivity index (χ0n) is 23.2. The van der Waals surface area contributed by atoms with E-state index in [9.17, 15) is 10.2 Å². The van der Waals surface area contributed by atoms with Crippen molar-refractivity contribution in [2.24, 2.45) is 0 Å². The average Bonchev–Trinajstić information content (AvgIpc) is 3.42. The second kappa shape index (κ2) is 13.6. The van der Waals surface area contributed by atoms with Crippen LogP contribution in [0.2, 0.25) is 0 Å². The number of hydrogen-bond acceptors (Lipinski definition) is 6. The molecule has 0 radical (unpaired) electrons. The zero-order chi connectivity index (χ0) is 27.8. The Morgan fingerprint density at radius 3 is 2.23 bits per heavy atom. The predicted octanol–water partition coefficient (Wildman–Crippen LogP) is 4.75. The maximum Gasteiger partial charge on any atom is 0.144 e. The minimum absolute atomic E-state index is 0.0264. The van der Waals surface area contributed by atoms with Crippen LogP contribution in [0, 0.1) is 0 Å². The van der Waals surface area contributed by atoms with Crippen LogP contribution in [0.4, 0.5) is 0 Å². The zero-order valence-corrected chi connectivity index (χ0v) is 23.2. The Bertz CT molecular complexity index is 1290. The van der Waals surface area contributed by atoms with Crippen molar-refractivity contribution in [3.8, 4) is 22.6 Å². The first-order chi connectivity index (χ1) is 18.8. The number of ether oxygens (including phenoxy) is 2. The van der Waals surface area contributed by atoms with E-state index in [1.54, 1.807) is 0 Å². The van der Waals surface area contributed by atoms with Gasteiger partial charge in [0.2, 0.25) is 0 Å². The molecule has 0 saturated heterocycles. The van der Waals surface area contributed by atoms with Crippen molar-refractivity contribution in [1.82, 2.24) is 15.6 Å². The van der Waals surface area contributed by atoms with Crippen molar-refractivity contribution < 1.29 is 19.7 Å². The molecule has 208 valence electrons. The minimum Gasteiger partial charge on any atom is -0.490 e. The molecule has 5 N–H and O–H groups in total. The van der Waals surface area contributed by atoms with Gasteiger partial charge in [-0.15, -0.1) is 0 Å². The Morgan fingerprint density at radius 1 is 0.769 bits per heavy atom. The molecule has 39 heavy (non-hydrogen) atoms. The number of H-pyrrole nitrogens is 1. The predicted molar refractivity (Wildman–Crippen MR) is 157 cm³/mol. The van der Waals surface area contributed by atoms with Crippen LogP contribution >= 0.6 is 0 Å². The van der Waals surface area contributed by atoms with Crippen LogP contribution in [0.25, 0.3) is 22.0 Å². The summed E-state index contributed by atoms with van der Waals surface area (Å²) in [5.74, 6) is 1.32. The lowest BCUT2D eigenvalue weighted by Gasteiger charge is -2.36. The van der Waals surface area contributed by atoms with E-state index >= 15 is 0 Å². The third-order valence-electron chi connectivity index (χ3n) is 6.61. The van der Waals surface area contributed by atoms with Crippen LogP contribution < -0.4 is 20.1 Å². The van der Waals surface area contributed by atoms with Gasteiger partial charge in [-0.2, -0.15) is 0 Å². The number of rotatable bonds is 14. The number of fused-ring (bicyclic) bond motifs is 1. The molecule has 7 nitrogen and oxygen atoms in total. The van der Waals surface area contributed by atoms with E-state index in [4.69, 9.17) is 9.47 Å². The summed E-state index contributed by atoms with van der Waals surface area (Å²) in [4.78, 5) is 3.18. The molecule has 0 spiro atoms. The molecule has 0 fully saturated rings. The number of hydrogen-bond donors (Lipinski definition) is 5. The lowest BCUT2D eigenvalue weighted by atomic mass is 9.98. The van der Waals surface area contributed by atoms with Crippen LogP contribution in [-0.2, 0) is 0 Å². The summed E-state index contributed by atoms with van der Waals surface area (Å²) < 4.78 is 12.7. The third kappa shape index (κ3) is 7.61. The summed E-state index contributed by atoms with van der Waals surface area (Å²) in [6.07, 6.45) is -0.784. The summed E-state index contributed by atoms with van der Waals surface area (Å²) in [6, 6.07) is 25.1. The summed E-state index contributed by atoms with van der Waals surface area (Å²) in [7, 11) is 0. The number of aliphatic hydroxyl groups excluding tert-OH is 2. The van der Waals surface area contributed by atoms with Crippen molar-refractivity contribution in [3.05, 3.63) is 85.1 Å². The maximum absolute atomic E-state index is 11.5. The number of aromatic amines is 1. The number of nitrogens with one attached hydrogen (secondary N) is 3. The Labute approximate surface area is 231 Å². The fourth-order valence-electron chi connectivity index (χ4n) is 4.71. The van der Waals surface area contributed by atoms with Gasteiger partial charge in [0.15, 0.2) is 0 Å². The van der Waals surface area contributed by atoms with Gasteiger partial charge in [-0.3, -0.25) is 0 Å². The lowest BCUT2D eigenvalue weighted by Crippen LogP contribution is -2.60. The van der Waals surface area contributed by atoms with Gasteiger partial charge in [0.1, 0.15) is 36.4 Å². The van der Waals surface area contributed by atoms with Gasteiger partial charge in [0, 0.05) is 41.3 Å². The molecular weight excluding hydrogens is 490 g/mol. The van der Waals surface area contributed by atoms with E-state index in [0.29, 0.717) is 18.0 Å². The minimum atomic E-state index is -0.968. The fourth-order valence-corrected chi connectivity index (χ4v) is 4.71. The maximum atomic E-state index is 11.5. The van der Waals surface area contributed by atoms with Crippen LogP contribution in [-0.4, -0.2) is 64.8 Å². The first-order valence-corrected chi connectivity index (χ1v) is 13.7. The molecule has 7 heteroatoms. The van der Waals surface area contributed by atoms with Crippen molar-refractivity contribution >= 4 is 10.9 Å². The molecule has 4 atom stereocenters. The van der Waals surface area contributed by atoms with Gasteiger partial charge in [0.25, 0.3) is 0 Å². The molecule has 0 aliphatic heterocycles.